The number of rotatable bonds is 5. The van der Waals surface area contributed by atoms with Gasteiger partial charge in [-0.15, -0.1) is 10.2 Å². The van der Waals surface area contributed by atoms with Crippen LogP contribution in [0, 0.1) is 0 Å². The smallest absolute Gasteiger partial charge is 0.335 e. The molecule has 1 aromatic carbocycles. The van der Waals surface area contributed by atoms with Crippen molar-refractivity contribution in [3.05, 3.63) is 54.2 Å². The van der Waals surface area contributed by atoms with Crippen LogP contribution in [0.4, 0.5) is 5.69 Å². The molecule has 0 saturated carbocycles. The Bertz CT molecular complexity index is 1130. The van der Waals surface area contributed by atoms with Gasteiger partial charge in [0.1, 0.15) is 17.6 Å². The highest BCUT2D eigenvalue weighted by Gasteiger charge is 2.46. The van der Waals surface area contributed by atoms with Crippen LogP contribution in [0.5, 0.6) is 0 Å². The van der Waals surface area contributed by atoms with Crippen LogP contribution in [0.1, 0.15) is 22.6 Å². The number of hydrogen-bond acceptors (Lipinski definition) is 8. The van der Waals surface area contributed by atoms with Crippen LogP contribution in [0.25, 0.3) is 11.5 Å². The van der Waals surface area contributed by atoms with Crippen molar-refractivity contribution in [2.24, 2.45) is 0 Å². The highest BCUT2D eigenvalue weighted by atomic mass is 32.2. The third kappa shape index (κ3) is 3.43. The van der Waals surface area contributed by atoms with Crippen molar-refractivity contribution in [1.29, 1.82) is 0 Å². The van der Waals surface area contributed by atoms with Gasteiger partial charge in [-0.1, -0.05) is 6.07 Å². The van der Waals surface area contributed by atoms with Gasteiger partial charge in [-0.2, -0.15) is 0 Å². The summed E-state index contributed by atoms with van der Waals surface area (Å²) in [5, 5.41) is 20.6. The minimum Gasteiger partial charge on any atom is -0.478 e. The van der Waals surface area contributed by atoms with E-state index in [1.165, 1.54) is 18.5 Å². The summed E-state index contributed by atoms with van der Waals surface area (Å²) in [6, 6.07) is 7.85. The van der Waals surface area contributed by atoms with E-state index in [0.717, 1.165) is 0 Å². The predicted molar refractivity (Wildman–Crippen MR) is 99.4 cm³/mol. The molecule has 0 aliphatic carbocycles. The zero-order valence-electron chi connectivity index (χ0n) is 14.5. The zero-order valence-corrected chi connectivity index (χ0v) is 15.3. The Morgan fingerprint density at radius 1 is 1.25 bits per heavy atom. The molecule has 3 aromatic rings. The molecule has 4 rings (SSSR count). The highest BCUT2D eigenvalue weighted by Crippen LogP contribution is 2.36. The van der Waals surface area contributed by atoms with Crippen LogP contribution in [0.2, 0.25) is 0 Å². The Morgan fingerprint density at radius 3 is 2.79 bits per heavy atom. The summed E-state index contributed by atoms with van der Waals surface area (Å²) in [6.45, 7) is 0. The van der Waals surface area contributed by atoms with E-state index in [2.05, 4.69) is 30.5 Å². The van der Waals surface area contributed by atoms with Crippen LogP contribution in [-0.4, -0.2) is 56.1 Å². The molecule has 0 spiro atoms. The number of carboxylic acid groups (broad SMARTS) is 1. The fraction of sp³-hybridized carbons (Fsp3) is 0.235. The Labute approximate surface area is 160 Å². The summed E-state index contributed by atoms with van der Waals surface area (Å²) < 4.78 is 24.5. The van der Waals surface area contributed by atoms with Gasteiger partial charge in [-0.25, -0.2) is 23.2 Å². The second-order valence-corrected chi connectivity index (χ2v) is 8.74. The van der Waals surface area contributed by atoms with E-state index in [1.807, 2.05) is 0 Å². The van der Waals surface area contributed by atoms with Crippen molar-refractivity contribution < 1.29 is 18.3 Å². The number of nitrogens with one attached hydrogen (secondary N) is 2. The van der Waals surface area contributed by atoms with Crippen molar-refractivity contribution in [1.82, 2.24) is 25.1 Å². The third-order valence-corrected chi connectivity index (χ3v) is 6.32. The molecule has 3 heterocycles. The third-order valence-electron chi connectivity index (χ3n) is 4.56. The van der Waals surface area contributed by atoms with E-state index in [1.54, 1.807) is 24.4 Å². The molecule has 1 atom stereocenters. The number of aromatic amines is 1. The van der Waals surface area contributed by atoms with Crippen LogP contribution >= 0.6 is 0 Å². The number of hydrogen-bond donors (Lipinski definition) is 3. The van der Waals surface area contributed by atoms with Gasteiger partial charge in [0.25, 0.3) is 0 Å². The summed E-state index contributed by atoms with van der Waals surface area (Å²) in [7, 11) is -3.30. The van der Waals surface area contributed by atoms with E-state index in [9.17, 15) is 18.3 Å². The highest BCUT2D eigenvalue weighted by molar-refractivity contribution is 7.91. The fourth-order valence-electron chi connectivity index (χ4n) is 3.22. The first kappa shape index (κ1) is 18.0. The number of carbonyl (C=O) groups is 1. The first-order valence-electron chi connectivity index (χ1n) is 8.38. The van der Waals surface area contributed by atoms with Gasteiger partial charge in [0.15, 0.2) is 21.5 Å². The molecular weight excluding hydrogens is 384 g/mol. The quantitative estimate of drug-likeness (QED) is 0.571. The second kappa shape index (κ2) is 6.68. The van der Waals surface area contributed by atoms with Gasteiger partial charge in [0.2, 0.25) is 0 Å². The number of aromatic carboxylic acids is 1. The molecule has 1 aliphatic rings. The van der Waals surface area contributed by atoms with Crippen molar-refractivity contribution in [3.63, 3.8) is 0 Å². The van der Waals surface area contributed by atoms with Crippen molar-refractivity contribution >= 4 is 21.5 Å². The van der Waals surface area contributed by atoms with Crippen molar-refractivity contribution in [2.75, 3.05) is 16.8 Å². The van der Waals surface area contributed by atoms with Crippen LogP contribution in [0.15, 0.2) is 42.9 Å². The maximum absolute atomic E-state index is 12.2. The van der Waals surface area contributed by atoms with Gasteiger partial charge in [-0.3, -0.25) is 0 Å². The number of sulfone groups is 1. The van der Waals surface area contributed by atoms with Gasteiger partial charge < -0.3 is 15.4 Å². The first-order chi connectivity index (χ1) is 13.4. The molecule has 2 aromatic heterocycles. The molecule has 3 N–H and O–H groups in total. The number of nitrogens with zero attached hydrogens (tertiary/aromatic N) is 4. The SMILES string of the molecule is O=C(O)c1cccc(N[C@@]2(c3nnc(-c4ccncn4)[nH]3)CCS(=O)(=O)C2)c1. The number of H-pyrrole nitrogens is 1. The van der Waals surface area contributed by atoms with E-state index in [4.69, 9.17) is 0 Å². The van der Waals surface area contributed by atoms with Gasteiger partial charge in [0, 0.05) is 11.9 Å². The lowest BCUT2D eigenvalue weighted by molar-refractivity contribution is 0.0697. The van der Waals surface area contributed by atoms with Gasteiger partial charge in [-0.05, 0) is 30.7 Å². The van der Waals surface area contributed by atoms with Crippen LogP contribution in [0.3, 0.4) is 0 Å². The molecule has 28 heavy (non-hydrogen) atoms. The fourth-order valence-corrected chi connectivity index (χ4v) is 5.13. The average molecular weight is 400 g/mol. The molecule has 0 unspecified atom stereocenters. The minimum atomic E-state index is -3.30. The molecule has 11 heteroatoms. The number of benzene rings is 1. The lowest BCUT2D eigenvalue weighted by atomic mass is 9.97. The molecule has 1 fully saturated rings. The number of aromatic nitrogens is 5. The summed E-state index contributed by atoms with van der Waals surface area (Å²) in [5.74, 6) is -0.523. The largest absolute Gasteiger partial charge is 0.478 e. The second-order valence-electron chi connectivity index (χ2n) is 6.55. The number of anilines is 1. The molecule has 0 amide bonds. The average Bonchev–Trinajstić information content (AvgIpc) is 3.28. The van der Waals surface area contributed by atoms with Crippen LogP contribution in [-0.2, 0) is 15.4 Å². The topological polar surface area (TPSA) is 151 Å². The lowest BCUT2D eigenvalue weighted by Crippen LogP contribution is -2.38. The summed E-state index contributed by atoms with van der Waals surface area (Å²) >= 11 is 0. The van der Waals surface area contributed by atoms with E-state index in [0.29, 0.717) is 23.0 Å². The molecule has 10 nitrogen and oxygen atoms in total. The van der Waals surface area contributed by atoms with E-state index in [-0.39, 0.29) is 23.5 Å². The number of carboxylic acids is 1. The Hall–Kier alpha value is -3.34. The normalized spacial score (nSPS) is 20.7. The van der Waals surface area contributed by atoms with Crippen molar-refractivity contribution in [3.8, 4) is 11.5 Å². The standard InChI is InChI=1S/C17H16N6O4S/c24-15(25)11-2-1-3-12(8-11)21-17(5-7-28(26,27)9-17)16-20-14(22-23-16)13-4-6-18-10-19-13/h1-4,6,8,10,21H,5,7,9H2,(H,24,25)(H,20,22,23)/t17-/m0/s1. The molecule has 1 saturated heterocycles. The van der Waals surface area contributed by atoms with Crippen molar-refractivity contribution in [2.45, 2.75) is 12.0 Å². The zero-order chi connectivity index (χ0) is 19.8. The van der Waals surface area contributed by atoms with E-state index < -0.39 is 21.3 Å². The molecular formula is C17H16N6O4S. The predicted octanol–water partition coefficient (Wildman–Crippen LogP) is 1.09. The van der Waals surface area contributed by atoms with E-state index >= 15 is 0 Å². The summed E-state index contributed by atoms with van der Waals surface area (Å²) in [5.41, 5.74) is 0.0590. The summed E-state index contributed by atoms with van der Waals surface area (Å²) in [6.07, 6.45) is 3.21. The molecule has 0 bridgehead atoms. The minimum absolute atomic E-state index is 0.0117. The Morgan fingerprint density at radius 2 is 2.11 bits per heavy atom. The molecule has 0 radical (unpaired) electrons. The van der Waals surface area contributed by atoms with Gasteiger partial charge >= 0.3 is 5.97 Å². The Balaban J connectivity index is 1.73. The first-order valence-corrected chi connectivity index (χ1v) is 10.2. The maximum atomic E-state index is 12.2. The lowest BCUT2D eigenvalue weighted by Gasteiger charge is -2.27. The molecule has 1 aliphatic heterocycles. The Kier molecular flexibility index (Phi) is 4.30. The molecule has 144 valence electrons. The van der Waals surface area contributed by atoms with Crippen LogP contribution < -0.4 is 5.32 Å². The van der Waals surface area contributed by atoms with Gasteiger partial charge in [0.05, 0.1) is 17.1 Å². The monoisotopic (exact) mass is 400 g/mol. The maximum Gasteiger partial charge on any atom is 0.335 e. The summed E-state index contributed by atoms with van der Waals surface area (Å²) in [4.78, 5) is 22.3.